The Morgan fingerprint density at radius 3 is 2.00 bits per heavy atom. The molecule has 0 spiro atoms. The van der Waals surface area contributed by atoms with Gasteiger partial charge in [0.15, 0.2) is 5.82 Å². The monoisotopic (exact) mass is 430 g/mol. The maximum Gasteiger partial charge on any atom is 0.246 e. The van der Waals surface area contributed by atoms with Crippen LogP contribution in [0.5, 0.6) is 11.5 Å². The zero-order valence-corrected chi connectivity index (χ0v) is 18.3. The molecule has 0 aliphatic carbocycles. The van der Waals surface area contributed by atoms with Gasteiger partial charge >= 0.3 is 0 Å². The number of carbonyl (C=O) groups excluding carboxylic acids is 1. The molecule has 2 heterocycles. The van der Waals surface area contributed by atoms with E-state index in [0.717, 1.165) is 47.2 Å². The van der Waals surface area contributed by atoms with Crippen molar-refractivity contribution < 1.29 is 14.3 Å². The van der Waals surface area contributed by atoms with Gasteiger partial charge in [-0.15, -0.1) is 10.2 Å². The van der Waals surface area contributed by atoms with Crippen LogP contribution in [0, 0.1) is 0 Å². The molecular formula is C25H26N4O3. The van der Waals surface area contributed by atoms with Gasteiger partial charge in [-0.25, -0.2) is 0 Å². The molecule has 3 aromatic rings. The van der Waals surface area contributed by atoms with Gasteiger partial charge in [-0.05, 0) is 60.2 Å². The van der Waals surface area contributed by atoms with Crippen LogP contribution in [0.15, 0.2) is 66.7 Å². The molecule has 1 saturated heterocycles. The van der Waals surface area contributed by atoms with E-state index >= 15 is 0 Å². The highest BCUT2D eigenvalue weighted by Crippen LogP contribution is 2.22. The molecule has 1 aromatic heterocycles. The lowest BCUT2D eigenvalue weighted by Gasteiger charge is -2.34. The lowest BCUT2D eigenvalue weighted by molar-refractivity contribution is -0.126. The number of benzene rings is 2. The maximum atomic E-state index is 12.5. The number of amides is 1. The van der Waals surface area contributed by atoms with E-state index in [2.05, 4.69) is 15.1 Å². The topological polar surface area (TPSA) is 67.8 Å². The zero-order chi connectivity index (χ0) is 22.3. The third-order valence-electron chi connectivity index (χ3n) is 5.49. The van der Waals surface area contributed by atoms with Crippen molar-refractivity contribution in [2.75, 3.05) is 45.3 Å². The van der Waals surface area contributed by atoms with Gasteiger partial charge in [0, 0.05) is 37.8 Å². The number of hydrogen-bond donors (Lipinski definition) is 0. The standard InChI is InChI=1S/C25H26N4O3/c1-31-21-8-3-19(4-9-21)5-14-25(30)29-17-15-28(16-18-29)24-13-12-23(26-27-24)20-6-10-22(32-2)11-7-20/h3-14H,15-18H2,1-2H3/b14-5+. The summed E-state index contributed by atoms with van der Waals surface area (Å²) in [7, 11) is 3.28. The van der Waals surface area contributed by atoms with E-state index in [-0.39, 0.29) is 5.91 Å². The number of piperazine rings is 1. The number of rotatable bonds is 6. The summed E-state index contributed by atoms with van der Waals surface area (Å²) in [6.45, 7) is 2.73. The molecule has 1 aliphatic heterocycles. The highest BCUT2D eigenvalue weighted by atomic mass is 16.5. The summed E-state index contributed by atoms with van der Waals surface area (Å²) >= 11 is 0. The summed E-state index contributed by atoms with van der Waals surface area (Å²) in [6, 6.07) is 19.3. The number of aromatic nitrogens is 2. The Labute approximate surface area is 187 Å². The minimum absolute atomic E-state index is 0.0152. The first-order valence-electron chi connectivity index (χ1n) is 10.5. The number of carbonyl (C=O) groups is 1. The van der Waals surface area contributed by atoms with E-state index in [1.807, 2.05) is 71.6 Å². The van der Waals surface area contributed by atoms with Gasteiger partial charge in [-0.2, -0.15) is 0 Å². The van der Waals surface area contributed by atoms with E-state index < -0.39 is 0 Å². The molecule has 4 rings (SSSR count). The van der Waals surface area contributed by atoms with Crippen LogP contribution in [0.25, 0.3) is 17.3 Å². The van der Waals surface area contributed by atoms with Crippen molar-refractivity contribution in [3.8, 4) is 22.8 Å². The number of nitrogens with zero attached hydrogens (tertiary/aromatic N) is 4. The van der Waals surface area contributed by atoms with Crippen molar-refractivity contribution >= 4 is 17.8 Å². The number of ether oxygens (including phenoxy) is 2. The molecule has 164 valence electrons. The smallest absolute Gasteiger partial charge is 0.246 e. The van der Waals surface area contributed by atoms with Gasteiger partial charge in [0.1, 0.15) is 11.5 Å². The summed E-state index contributed by atoms with van der Waals surface area (Å²) < 4.78 is 10.4. The Bertz CT molecular complexity index is 1060. The average molecular weight is 431 g/mol. The highest BCUT2D eigenvalue weighted by Gasteiger charge is 2.20. The molecule has 1 aliphatic rings. The van der Waals surface area contributed by atoms with Crippen LogP contribution < -0.4 is 14.4 Å². The van der Waals surface area contributed by atoms with Gasteiger partial charge in [-0.3, -0.25) is 4.79 Å². The van der Waals surface area contributed by atoms with E-state index in [4.69, 9.17) is 9.47 Å². The van der Waals surface area contributed by atoms with Crippen molar-refractivity contribution in [1.29, 1.82) is 0 Å². The molecule has 7 nitrogen and oxygen atoms in total. The summed E-state index contributed by atoms with van der Waals surface area (Å²) in [4.78, 5) is 16.6. The van der Waals surface area contributed by atoms with Crippen LogP contribution in [-0.2, 0) is 4.79 Å². The maximum absolute atomic E-state index is 12.5. The quantitative estimate of drug-likeness (QED) is 0.558. The molecule has 0 bridgehead atoms. The normalized spacial score (nSPS) is 13.9. The predicted molar refractivity (Wildman–Crippen MR) is 125 cm³/mol. The third kappa shape index (κ3) is 5.06. The minimum atomic E-state index is 0.0152. The van der Waals surface area contributed by atoms with Crippen LogP contribution >= 0.6 is 0 Å². The fraction of sp³-hybridized carbons (Fsp3) is 0.240. The molecule has 1 amide bonds. The van der Waals surface area contributed by atoms with Gasteiger partial charge in [0.25, 0.3) is 0 Å². The Hall–Kier alpha value is -3.87. The van der Waals surface area contributed by atoms with Gasteiger partial charge in [0.05, 0.1) is 19.9 Å². The number of anilines is 1. The Kier molecular flexibility index (Phi) is 6.65. The predicted octanol–water partition coefficient (Wildman–Crippen LogP) is 3.52. The molecule has 0 atom stereocenters. The zero-order valence-electron chi connectivity index (χ0n) is 18.3. The van der Waals surface area contributed by atoms with Crippen molar-refractivity contribution in [3.05, 3.63) is 72.3 Å². The third-order valence-corrected chi connectivity index (χ3v) is 5.49. The van der Waals surface area contributed by atoms with Gasteiger partial charge < -0.3 is 19.3 Å². The Balaban J connectivity index is 1.31. The first kappa shape index (κ1) is 21.4. The van der Waals surface area contributed by atoms with Crippen LogP contribution in [-0.4, -0.2) is 61.4 Å². The van der Waals surface area contributed by atoms with E-state index in [1.54, 1.807) is 20.3 Å². The largest absolute Gasteiger partial charge is 0.497 e. The molecule has 2 aromatic carbocycles. The first-order valence-corrected chi connectivity index (χ1v) is 10.5. The van der Waals surface area contributed by atoms with Crippen LogP contribution in [0.4, 0.5) is 5.82 Å². The second-order valence-electron chi connectivity index (χ2n) is 7.42. The minimum Gasteiger partial charge on any atom is -0.497 e. The summed E-state index contributed by atoms with van der Waals surface area (Å²) in [5, 5.41) is 8.77. The molecule has 1 fully saturated rings. The Morgan fingerprint density at radius 2 is 1.44 bits per heavy atom. The van der Waals surface area contributed by atoms with Crippen molar-refractivity contribution in [3.63, 3.8) is 0 Å². The summed E-state index contributed by atoms with van der Waals surface area (Å²) in [6.07, 6.45) is 3.46. The second-order valence-corrected chi connectivity index (χ2v) is 7.42. The van der Waals surface area contributed by atoms with Crippen molar-refractivity contribution in [2.45, 2.75) is 0 Å². The lowest BCUT2D eigenvalue weighted by atomic mass is 10.1. The number of methoxy groups -OCH3 is 2. The average Bonchev–Trinajstić information content (AvgIpc) is 2.88. The molecule has 0 radical (unpaired) electrons. The molecule has 0 saturated carbocycles. The van der Waals surface area contributed by atoms with Crippen molar-refractivity contribution in [2.24, 2.45) is 0 Å². The fourth-order valence-corrected chi connectivity index (χ4v) is 3.55. The van der Waals surface area contributed by atoms with Gasteiger partial charge in [-0.1, -0.05) is 12.1 Å². The van der Waals surface area contributed by atoms with Gasteiger partial charge in [0.2, 0.25) is 5.91 Å². The molecule has 0 unspecified atom stereocenters. The SMILES string of the molecule is COc1ccc(/C=C/C(=O)N2CCN(c3ccc(-c4ccc(OC)cc4)nn3)CC2)cc1. The summed E-state index contributed by atoms with van der Waals surface area (Å²) in [5.41, 5.74) is 2.77. The summed E-state index contributed by atoms with van der Waals surface area (Å²) in [5.74, 6) is 2.44. The van der Waals surface area contributed by atoms with E-state index in [9.17, 15) is 4.79 Å². The Morgan fingerprint density at radius 1 is 0.812 bits per heavy atom. The molecular weight excluding hydrogens is 404 g/mol. The first-order chi connectivity index (χ1) is 15.7. The van der Waals surface area contributed by atoms with E-state index in [1.165, 1.54) is 0 Å². The molecule has 7 heteroatoms. The van der Waals surface area contributed by atoms with Crippen LogP contribution in [0.1, 0.15) is 5.56 Å². The number of hydrogen-bond acceptors (Lipinski definition) is 6. The van der Waals surface area contributed by atoms with E-state index in [0.29, 0.717) is 13.1 Å². The van der Waals surface area contributed by atoms with Crippen LogP contribution in [0.3, 0.4) is 0 Å². The molecule has 0 N–H and O–H groups in total. The van der Waals surface area contributed by atoms with Crippen molar-refractivity contribution in [1.82, 2.24) is 15.1 Å². The molecule has 32 heavy (non-hydrogen) atoms. The fourth-order valence-electron chi connectivity index (χ4n) is 3.55. The highest BCUT2D eigenvalue weighted by molar-refractivity contribution is 5.92. The second kappa shape index (κ2) is 9.96. The lowest BCUT2D eigenvalue weighted by Crippen LogP contribution is -2.48. The van der Waals surface area contributed by atoms with Crippen LogP contribution in [0.2, 0.25) is 0 Å².